The Bertz CT molecular complexity index is 567. The predicted molar refractivity (Wildman–Crippen MR) is 71.6 cm³/mol. The smallest absolute Gasteiger partial charge is 0.488 e. The highest BCUT2D eigenvalue weighted by Crippen LogP contribution is 2.26. The second kappa shape index (κ2) is 6.17. The average Bonchev–Trinajstić information content (AvgIpc) is 2.38. The summed E-state index contributed by atoms with van der Waals surface area (Å²) in [6.45, 7) is 0.259. The molecule has 0 aliphatic carbocycles. The monoisotopic (exact) mass is 346 g/mol. The molecule has 0 N–H and O–H groups in total. The van der Waals surface area contributed by atoms with E-state index in [0.29, 0.717) is 5.75 Å². The van der Waals surface area contributed by atoms with Crippen molar-refractivity contribution in [1.29, 1.82) is 0 Å². The third kappa shape index (κ3) is 4.45. The van der Waals surface area contributed by atoms with E-state index in [4.69, 9.17) is 4.74 Å². The lowest BCUT2D eigenvalue weighted by Gasteiger charge is -2.10. The van der Waals surface area contributed by atoms with E-state index in [0.717, 1.165) is 10.0 Å². The summed E-state index contributed by atoms with van der Waals surface area (Å²) in [6.07, 6.45) is -4.67. The lowest BCUT2D eigenvalue weighted by atomic mass is 10.2. The Morgan fingerprint density at radius 1 is 0.950 bits per heavy atom. The summed E-state index contributed by atoms with van der Waals surface area (Å²) in [5.74, 6) is 0.422. The second-order valence-electron chi connectivity index (χ2n) is 3.91. The largest absolute Gasteiger partial charge is 0.573 e. The Morgan fingerprint density at radius 2 is 1.60 bits per heavy atom. The van der Waals surface area contributed by atoms with Crippen LogP contribution in [0.15, 0.2) is 53.0 Å². The zero-order chi connectivity index (χ0) is 14.6. The van der Waals surface area contributed by atoms with Gasteiger partial charge in [0.25, 0.3) is 0 Å². The second-order valence-corrected chi connectivity index (χ2v) is 4.77. The molecule has 0 fully saturated rings. The number of hydrogen-bond donors (Lipinski definition) is 0. The molecule has 0 saturated carbocycles. The van der Waals surface area contributed by atoms with E-state index in [9.17, 15) is 13.2 Å². The van der Waals surface area contributed by atoms with Crippen LogP contribution in [-0.4, -0.2) is 6.36 Å². The molecule has 2 nitrogen and oxygen atoms in total. The van der Waals surface area contributed by atoms with Gasteiger partial charge in [0.2, 0.25) is 0 Å². The minimum absolute atomic E-state index is 0.248. The molecule has 0 amide bonds. The summed E-state index contributed by atoms with van der Waals surface area (Å²) in [4.78, 5) is 0. The number of alkyl halides is 3. The first-order valence-corrected chi connectivity index (χ1v) is 6.45. The highest BCUT2D eigenvalue weighted by atomic mass is 79.9. The van der Waals surface area contributed by atoms with Crippen LogP contribution in [0.2, 0.25) is 0 Å². The molecule has 0 aliphatic heterocycles. The van der Waals surface area contributed by atoms with Gasteiger partial charge >= 0.3 is 6.36 Å². The molecule has 0 spiro atoms. The van der Waals surface area contributed by atoms with Crippen molar-refractivity contribution in [2.75, 3.05) is 0 Å². The highest BCUT2D eigenvalue weighted by Gasteiger charge is 2.30. The van der Waals surface area contributed by atoms with Gasteiger partial charge in [0.15, 0.2) is 0 Å². The number of benzene rings is 2. The van der Waals surface area contributed by atoms with Crippen molar-refractivity contribution >= 4 is 15.9 Å². The predicted octanol–water partition coefficient (Wildman–Crippen LogP) is 4.93. The molecular weight excluding hydrogens is 337 g/mol. The number of para-hydroxylation sites is 1. The molecule has 2 aromatic carbocycles. The lowest BCUT2D eigenvalue weighted by Crippen LogP contribution is -2.17. The van der Waals surface area contributed by atoms with Crippen LogP contribution >= 0.6 is 15.9 Å². The maximum absolute atomic E-state index is 12.0. The van der Waals surface area contributed by atoms with Crippen LogP contribution in [-0.2, 0) is 6.61 Å². The van der Waals surface area contributed by atoms with Gasteiger partial charge in [0.05, 0.1) is 4.47 Å². The molecule has 0 aliphatic rings. The first-order chi connectivity index (χ1) is 9.44. The quantitative estimate of drug-likeness (QED) is 0.781. The fourth-order valence-corrected chi connectivity index (χ4v) is 1.91. The molecule has 0 unspecified atom stereocenters. The Hall–Kier alpha value is -1.69. The number of hydrogen-bond acceptors (Lipinski definition) is 2. The van der Waals surface area contributed by atoms with Crippen molar-refractivity contribution < 1.29 is 22.6 Å². The molecule has 0 radical (unpaired) electrons. The molecule has 106 valence electrons. The third-order valence-electron chi connectivity index (χ3n) is 2.39. The van der Waals surface area contributed by atoms with E-state index >= 15 is 0 Å². The first-order valence-electron chi connectivity index (χ1n) is 5.66. The zero-order valence-corrected chi connectivity index (χ0v) is 11.7. The van der Waals surface area contributed by atoms with E-state index in [1.807, 2.05) is 18.2 Å². The van der Waals surface area contributed by atoms with E-state index in [1.54, 1.807) is 6.07 Å². The minimum atomic E-state index is -4.67. The van der Waals surface area contributed by atoms with Crippen molar-refractivity contribution in [3.63, 3.8) is 0 Å². The van der Waals surface area contributed by atoms with Crippen molar-refractivity contribution in [3.8, 4) is 11.5 Å². The van der Waals surface area contributed by atoms with Crippen molar-refractivity contribution in [3.05, 3.63) is 58.6 Å². The molecular formula is C14H10BrF3O2. The molecule has 0 aromatic heterocycles. The molecule has 0 bridgehead atoms. The van der Waals surface area contributed by atoms with Gasteiger partial charge in [0.1, 0.15) is 18.1 Å². The standard InChI is InChI=1S/C14H10BrF3O2/c15-12-3-1-2-4-13(12)19-9-10-5-7-11(8-6-10)20-14(16,17)18/h1-8H,9H2. The fraction of sp³-hybridized carbons (Fsp3) is 0.143. The normalized spacial score (nSPS) is 11.2. The van der Waals surface area contributed by atoms with Crippen molar-refractivity contribution in [2.45, 2.75) is 13.0 Å². The van der Waals surface area contributed by atoms with Crippen LogP contribution in [0, 0.1) is 0 Å². The van der Waals surface area contributed by atoms with Crippen LogP contribution in [0.4, 0.5) is 13.2 Å². The molecule has 0 atom stereocenters. The summed E-state index contributed by atoms with van der Waals surface area (Å²) in [5, 5.41) is 0. The van der Waals surface area contributed by atoms with Gasteiger partial charge in [-0.1, -0.05) is 24.3 Å². The average molecular weight is 347 g/mol. The molecule has 20 heavy (non-hydrogen) atoms. The zero-order valence-electron chi connectivity index (χ0n) is 10.2. The number of ether oxygens (including phenoxy) is 2. The van der Waals surface area contributed by atoms with Gasteiger partial charge in [-0.05, 0) is 45.8 Å². The molecule has 2 rings (SSSR count). The van der Waals surface area contributed by atoms with E-state index in [-0.39, 0.29) is 12.4 Å². The summed E-state index contributed by atoms with van der Waals surface area (Å²) in [7, 11) is 0. The Balaban J connectivity index is 1.96. The van der Waals surface area contributed by atoms with Gasteiger partial charge in [-0.15, -0.1) is 13.2 Å². The molecule has 0 saturated heterocycles. The number of halogens is 4. The Labute approximate surface area is 122 Å². The fourth-order valence-electron chi connectivity index (χ4n) is 1.51. The van der Waals surface area contributed by atoms with Gasteiger partial charge in [-0.3, -0.25) is 0 Å². The third-order valence-corrected chi connectivity index (χ3v) is 3.04. The minimum Gasteiger partial charge on any atom is -0.488 e. The van der Waals surface area contributed by atoms with E-state index in [1.165, 1.54) is 24.3 Å². The van der Waals surface area contributed by atoms with Crippen molar-refractivity contribution in [1.82, 2.24) is 0 Å². The summed E-state index contributed by atoms with van der Waals surface area (Å²) in [5.41, 5.74) is 0.746. The highest BCUT2D eigenvalue weighted by molar-refractivity contribution is 9.10. The van der Waals surface area contributed by atoms with Gasteiger partial charge in [-0.2, -0.15) is 0 Å². The Kier molecular flexibility index (Phi) is 4.54. The summed E-state index contributed by atoms with van der Waals surface area (Å²) in [6, 6.07) is 12.9. The molecule has 0 heterocycles. The van der Waals surface area contributed by atoms with Crippen LogP contribution in [0.1, 0.15) is 5.56 Å². The summed E-state index contributed by atoms with van der Waals surface area (Å²) < 4.78 is 46.2. The van der Waals surface area contributed by atoms with Crippen LogP contribution in [0.25, 0.3) is 0 Å². The maximum atomic E-state index is 12.0. The Morgan fingerprint density at radius 3 is 2.20 bits per heavy atom. The van der Waals surface area contributed by atoms with Gasteiger partial charge < -0.3 is 9.47 Å². The van der Waals surface area contributed by atoms with Crippen molar-refractivity contribution in [2.24, 2.45) is 0 Å². The van der Waals surface area contributed by atoms with Gasteiger partial charge in [-0.25, -0.2) is 0 Å². The lowest BCUT2D eigenvalue weighted by molar-refractivity contribution is -0.274. The molecule has 6 heteroatoms. The first kappa shape index (κ1) is 14.7. The maximum Gasteiger partial charge on any atom is 0.573 e. The van der Waals surface area contributed by atoms with Crippen LogP contribution < -0.4 is 9.47 Å². The SMILES string of the molecule is FC(F)(F)Oc1ccc(COc2ccccc2Br)cc1. The van der Waals surface area contributed by atoms with Crippen LogP contribution in [0.3, 0.4) is 0 Å². The van der Waals surface area contributed by atoms with Crippen LogP contribution in [0.5, 0.6) is 11.5 Å². The molecule has 2 aromatic rings. The topological polar surface area (TPSA) is 18.5 Å². The number of rotatable bonds is 4. The van der Waals surface area contributed by atoms with Gasteiger partial charge in [0, 0.05) is 0 Å². The summed E-state index contributed by atoms with van der Waals surface area (Å²) >= 11 is 3.34. The van der Waals surface area contributed by atoms with E-state index < -0.39 is 6.36 Å². The van der Waals surface area contributed by atoms with E-state index in [2.05, 4.69) is 20.7 Å².